The monoisotopic (exact) mass is 274 g/mol. The lowest BCUT2D eigenvalue weighted by atomic mass is 10.1. The van der Waals surface area contributed by atoms with Crippen LogP contribution in [0.1, 0.15) is 31.9 Å². The van der Waals surface area contributed by atoms with Crippen molar-refractivity contribution >= 4 is 23.4 Å². The lowest BCUT2D eigenvalue weighted by molar-refractivity contribution is 0.199. The van der Waals surface area contributed by atoms with Crippen molar-refractivity contribution in [1.82, 2.24) is 0 Å². The first kappa shape index (κ1) is 14.7. The van der Waals surface area contributed by atoms with Crippen molar-refractivity contribution in [2.24, 2.45) is 0 Å². The van der Waals surface area contributed by atoms with E-state index in [9.17, 15) is 5.11 Å². The number of thioether (sulfide) groups is 1. The van der Waals surface area contributed by atoms with Crippen LogP contribution in [0.2, 0.25) is 5.02 Å². The summed E-state index contributed by atoms with van der Waals surface area (Å²) in [5.41, 5.74) is 0.760. The molecule has 2 nitrogen and oxygen atoms in total. The normalized spacial score (nSPS) is 14.4. The molecule has 96 valence electrons. The number of methoxy groups -OCH3 is 1. The Morgan fingerprint density at radius 1 is 1.47 bits per heavy atom. The fourth-order valence-electron chi connectivity index (χ4n) is 1.43. The van der Waals surface area contributed by atoms with Gasteiger partial charge in [0, 0.05) is 21.6 Å². The molecule has 0 heterocycles. The molecule has 0 radical (unpaired) electrons. The molecule has 1 N–H and O–H groups in total. The van der Waals surface area contributed by atoms with E-state index in [1.54, 1.807) is 37.1 Å². The van der Waals surface area contributed by atoms with E-state index in [0.717, 1.165) is 12.0 Å². The predicted molar refractivity (Wildman–Crippen MR) is 75.2 cm³/mol. The molecule has 0 aliphatic heterocycles. The van der Waals surface area contributed by atoms with Gasteiger partial charge in [-0.2, -0.15) is 11.8 Å². The van der Waals surface area contributed by atoms with E-state index in [-0.39, 0.29) is 0 Å². The Balaban J connectivity index is 2.73. The van der Waals surface area contributed by atoms with Crippen molar-refractivity contribution < 1.29 is 9.84 Å². The van der Waals surface area contributed by atoms with Crippen molar-refractivity contribution in [2.75, 3.05) is 12.9 Å². The number of ether oxygens (including phenoxy) is 1. The molecule has 0 aliphatic carbocycles. The number of benzene rings is 1. The van der Waals surface area contributed by atoms with Crippen LogP contribution in [0.25, 0.3) is 0 Å². The van der Waals surface area contributed by atoms with Crippen molar-refractivity contribution in [3.63, 3.8) is 0 Å². The summed E-state index contributed by atoms with van der Waals surface area (Å²) in [7, 11) is 1.60. The molecule has 2 unspecified atom stereocenters. The van der Waals surface area contributed by atoms with Crippen LogP contribution in [0, 0.1) is 0 Å². The number of hydrogen-bond donors (Lipinski definition) is 1. The third kappa shape index (κ3) is 4.41. The molecule has 4 heteroatoms. The molecule has 0 spiro atoms. The van der Waals surface area contributed by atoms with Crippen LogP contribution in [0.5, 0.6) is 5.75 Å². The maximum Gasteiger partial charge on any atom is 0.124 e. The second-order valence-electron chi connectivity index (χ2n) is 3.95. The van der Waals surface area contributed by atoms with Crippen molar-refractivity contribution in [2.45, 2.75) is 31.6 Å². The number of hydrogen-bond acceptors (Lipinski definition) is 3. The first-order chi connectivity index (χ1) is 8.08. The number of rotatable bonds is 6. The molecule has 0 aromatic heterocycles. The zero-order chi connectivity index (χ0) is 12.8. The van der Waals surface area contributed by atoms with Gasteiger partial charge in [-0.3, -0.25) is 0 Å². The van der Waals surface area contributed by atoms with Crippen LogP contribution in [-0.2, 0) is 0 Å². The Labute approximate surface area is 112 Å². The van der Waals surface area contributed by atoms with Crippen molar-refractivity contribution in [3.05, 3.63) is 28.8 Å². The van der Waals surface area contributed by atoms with Crippen LogP contribution in [0.15, 0.2) is 18.2 Å². The van der Waals surface area contributed by atoms with Crippen LogP contribution < -0.4 is 4.74 Å². The first-order valence-electron chi connectivity index (χ1n) is 5.71. The average molecular weight is 275 g/mol. The van der Waals surface area contributed by atoms with E-state index in [0.29, 0.717) is 21.8 Å². The summed E-state index contributed by atoms with van der Waals surface area (Å²) < 4.78 is 5.23. The number of aliphatic hydroxyl groups is 1. The maximum atomic E-state index is 10.1. The molecule has 0 aliphatic rings. The van der Waals surface area contributed by atoms with Gasteiger partial charge in [0.15, 0.2) is 0 Å². The van der Waals surface area contributed by atoms with Crippen LogP contribution >= 0.6 is 23.4 Å². The second kappa shape index (κ2) is 7.14. The average Bonchev–Trinajstić information content (AvgIpc) is 2.35. The predicted octanol–water partition coefficient (Wildman–Crippen LogP) is 3.91. The lowest BCUT2D eigenvalue weighted by Crippen LogP contribution is -2.06. The Kier molecular flexibility index (Phi) is 6.17. The zero-order valence-corrected chi connectivity index (χ0v) is 12.0. The molecule has 0 amide bonds. The third-order valence-electron chi connectivity index (χ3n) is 2.66. The van der Waals surface area contributed by atoms with Gasteiger partial charge in [0.2, 0.25) is 0 Å². The highest BCUT2D eigenvalue weighted by Gasteiger charge is 2.15. The minimum Gasteiger partial charge on any atom is -0.496 e. The Morgan fingerprint density at radius 2 is 2.18 bits per heavy atom. The molecule has 1 aromatic carbocycles. The summed E-state index contributed by atoms with van der Waals surface area (Å²) in [5.74, 6) is 1.35. The number of halogens is 1. The van der Waals surface area contributed by atoms with E-state index in [1.807, 2.05) is 0 Å². The van der Waals surface area contributed by atoms with E-state index < -0.39 is 6.10 Å². The molecule has 0 fully saturated rings. The van der Waals surface area contributed by atoms with E-state index in [1.165, 1.54) is 0 Å². The molecular formula is C13H19ClO2S. The summed E-state index contributed by atoms with van der Waals surface area (Å²) in [6.07, 6.45) is 0.562. The van der Waals surface area contributed by atoms with E-state index in [4.69, 9.17) is 16.3 Å². The molecular weight excluding hydrogens is 256 g/mol. The summed E-state index contributed by atoms with van der Waals surface area (Å²) in [6.45, 7) is 4.30. The van der Waals surface area contributed by atoms with E-state index in [2.05, 4.69) is 13.8 Å². The molecule has 0 saturated carbocycles. The van der Waals surface area contributed by atoms with Crippen molar-refractivity contribution in [3.8, 4) is 5.75 Å². The molecule has 17 heavy (non-hydrogen) atoms. The largest absolute Gasteiger partial charge is 0.496 e. The van der Waals surface area contributed by atoms with Gasteiger partial charge in [-0.1, -0.05) is 25.4 Å². The summed E-state index contributed by atoms with van der Waals surface area (Å²) in [5, 5.41) is 11.3. The molecule has 1 aromatic rings. The fourth-order valence-corrected chi connectivity index (χ4v) is 2.54. The van der Waals surface area contributed by atoms with Gasteiger partial charge in [0.1, 0.15) is 5.75 Å². The van der Waals surface area contributed by atoms with Crippen molar-refractivity contribution in [1.29, 1.82) is 0 Å². The third-order valence-corrected chi connectivity index (χ3v) is 4.31. The zero-order valence-electron chi connectivity index (χ0n) is 10.4. The minimum atomic E-state index is -0.539. The molecule has 1 rings (SSSR count). The lowest BCUT2D eigenvalue weighted by Gasteiger charge is -2.16. The fraction of sp³-hybridized carbons (Fsp3) is 0.538. The quantitative estimate of drug-likeness (QED) is 0.853. The Hall–Kier alpha value is -0.380. The molecule has 0 saturated heterocycles. The van der Waals surface area contributed by atoms with Crippen LogP contribution in [-0.4, -0.2) is 23.2 Å². The molecule has 2 atom stereocenters. The van der Waals surface area contributed by atoms with Gasteiger partial charge in [-0.15, -0.1) is 0 Å². The summed E-state index contributed by atoms with van der Waals surface area (Å²) in [4.78, 5) is 0. The Morgan fingerprint density at radius 3 is 2.76 bits per heavy atom. The topological polar surface area (TPSA) is 29.5 Å². The smallest absolute Gasteiger partial charge is 0.124 e. The summed E-state index contributed by atoms with van der Waals surface area (Å²) >= 11 is 7.69. The maximum absolute atomic E-state index is 10.1. The van der Waals surface area contributed by atoms with Gasteiger partial charge in [0.25, 0.3) is 0 Å². The van der Waals surface area contributed by atoms with Gasteiger partial charge >= 0.3 is 0 Å². The standard InChI is InChI=1S/C13H19ClO2S/c1-4-9(2)17-8-12(15)11-7-10(14)5-6-13(11)16-3/h5-7,9,12,15H,4,8H2,1-3H3. The van der Waals surface area contributed by atoms with Gasteiger partial charge in [-0.05, 0) is 24.6 Å². The first-order valence-corrected chi connectivity index (χ1v) is 7.14. The highest BCUT2D eigenvalue weighted by molar-refractivity contribution is 7.99. The highest BCUT2D eigenvalue weighted by atomic mass is 35.5. The van der Waals surface area contributed by atoms with Crippen LogP contribution in [0.3, 0.4) is 0 Å². The minimum absolute atomic E-state index is 0.539. The second-order valence-corrected chi connectivity index (χ2v) is 5.86. The van der Waals surface area contributed by atoms with Gasteiger partial charge < -0.3 is 9.84 Å². The van der Waals surface area contributed by atoms with Gasteiger partial charge in [-0.25, -0.2) is 0 Å². The Bertz CT molecular complexity index is 357. The SMILES string of the molecule is CCC(C)SCC(O)c1cc(Cl)ccc1OC. The molecule has 0 bridgehead atoms. The van der Waals surface area contributed by atoms with Gasteiger partial charge in [0.05, 0.1) is 13.2 Å². The van der Waals surface area contributed by atoms with Crippen LogP contribution in [0.4, 0.5) is 0 Å². The number of aliphatic hydroxyl groups excluding tert-OH is 1. The summed E-state index contributed by atoms with van der Waals surface area (Å²) in [6, 6.07) is 5.31. The van der Waals surface area contributed by atoms with E-state index >= 15 is 0 Å². The highest BCUT2D eigenvalue weighted by Crippen LogP contribution is 2.31.